The highest BCUT2D eigenvalue weighted by molar-refractivity contribution is 7.89. The van der Waals surface area contributed by atoms with Crippen LogP contribution >= 0.6 is 0 Å². The molecule has 6 heteroatoms. The average molecular weight is 265 g/mol. The summed E-state index contributed by atoms with van der Waals surface area (Å²) < 4.78 is 26.3. The first-order chi connectivity index (χ1) is 7.81. The molecular formula is C11H27N3O2S. The number of nitrogens with zero attached hydrogens (tertiary/aromatic N) is 2. The third-order valence-corrected chi connectivity index (χ3v) is 5.54. The van der Waals surface area contributed by atoms with Crippen LogP contribution in [0.15, 0.2) is 0 Å². The van der Waals surface area contributed by atoms with E-state index in [0.717, 1.165) is 0 Å². The van der Waals surface area contributed by atoms with Crippen LogP contribution < -0.4 is 5.73 Å². The van der Waals surface area contributed by atoms with E-state index < -0.39 is 15.3 Å². The quantitative estimate of drug-likeness (QED) is 0.686. The number of hydrogen-bond acceptors (Lipinski definition) is 4. The molecule has 0 heterocycles. The number of rotatable bonds is 8. The third-order valence-electron chi connectivity index (χ3n) is 2.90. The zero-order valence-corrected chi connectivity index (χ0v) is 12.5. The van der Waals surface area contributed by atoms with Gasteiger partial charge in [-0.25, -0.2) is 8.42 Å². The average Bonchev–Trinajstić information content (AvgIpc) is 2.17. The van der Waals surface area contributed by atoms with E-state index in [2.05, 4.69) is 0 Å². The van der Waals surface area contributed by atoms with E-state index in [0.29, 0.717) is 19.5 Å². The van der Waals surface area contributed by atoms with Crippen molar-refractivity contribution in [3.8, 4) is 0 Å². The molecule has 0 saturated heterocycles. The van der Waals surface area contributed by atoms with E-state index in [1.807, 2.05) is 39.8 Å². The van der Waals surface area contributed by atoms with E-state index in [-0.39, 0.29) is 12.6 Å². The summed E-state index contributed by atoms with van der Waals surface area (Å²) in [6.07, 6.45) is 0.560. The van der Waals surface area contributed by atoms with Gasteiger partial charge in [0.2, 0.25) is 10.0 Å². The molecule has 0 aliphatic heterocycles. The van der Waals surface area contributed by atoms with E-state index in [1.54, 1.807) is 4.31 Å². The van der Waals surface area contributed by atoms with Crippen LogP contribution in [0.2, 0.25) is 0 Å². The summed E-state index contributed by atoms with van der Waals surface area (Å²) in [5, 5.41) is -0.466. The summed E-state index contributed by atoms with van der Waals surface area (Å²) in [4.78, 5) is 1.99. The van der Waals surface area contributed by atoms with Gasteiger partial charge < -0.3 is 10.6 Å². The highest BCUT2D eigenvalue weighted by Gasteiger charge is 2.32. The van der Waals surface area contributed by atoms with E-state index in [9.17, 15) is 8.42 Å². The second kappa shape index (κ2) is 7.31. The lowest BCUT2D eigenvalue weighted by molar-refractivity contribution is 0.269. The fourth-order valence-electron chi connectivity index (χ4n) is 2.05. The van der Waals surface area contributed by atoms with E-state index >= 15 is 0 Å². The van der Waals surface area contributed by atoms with Crippen LogP contribution in [0.5, 0.6) is 0 Å². The predicted molar refractivity (Wildman–Crippen MR) is 72.4 cm³/mol. The lowest BCUT2D eigenvalue weighted by Gasteiger charge is -2.32. The van der Waals surface area contributed by atoms with Gasteiger partial charge in [0.25, 0.3) is 0 Å². The van der Waals surface area contributed by atoms with Gasteiger partial charge in [-0.1, -0.05) is 13.8 Å². The molecule has 0 aromatic rings. The van der Waals surface area contributed by atoms with E-state index in [1.165, 1.54) is 0 Å². The van der Waals surface area contributed by atoms with Crippen LogP contribution in [0.3, 0.4) is 0 Å². The Morgan fingerprint density at radius 1 is 1.24 bits per heavy atom. The number of likely N-dealkylation sites (N-methyl/N-ethyl adjacent to an activating group) is 2. The monoisotopic (exact) mass is 265 g/mol. The third kappa shape index (κ3) is 4.54. The van der Waals surface area contributed by atoms with Gasteiger partial charge in [-0.3, -0.25) is 0 Å². The minimum atomic E-state index is -3.28. The molecule has 0 aliphatic rings. The summed E-state index contributed by atoms with van der Waals surface area (Å²) >= 11 is 0. The Kier molecular flexibility index (Phi) is 7.23. The Morgan fingerprint density at radius 2 is 1.76 bits per heavy atom. The van der Waals surface area contributed by atoms with Crippen LogP contribution in [-0.2, 0) is 10.0 Å². The molecule has 0 fully saturated rings. The highest BCUT2D eigenvalue weighted by atomic mass is 32.2. The largest absolute Gasteiger partial charge is 0.329 e. The van der Waals surface area contributed by atoms with E-state index in [4.69, 9.17) is 5.73 Å². The van der Waals surface area contributed by atoms with Crippen LogP contribution in [0, 0.1) is 0 Å². The highest BCUT2D eigenvalue weighted by Crippen LogP contribution is 2.15. The number of hydrogen-bond donors (Lipinski definition) is 1. The van der Waals surface area contributed by atoms with Gasteiger partial charge in [0, 0.05) is 25.7 Å². The molecule has 0 aromatic carbocycles. The summed E-state index contributed by atoms with van der Waals surface area (Å²) in [7, 11) is 0.607. The lowest BCUT2D eigenvalue weighted by atomic mass is 10.3. The molecule has 0 saturated carbocycles. The summed E-state index contributed by atoms with van der Waals surface area (Å²) in [5.41, 5.74) is 5.55. The zero-order valence-electron chi connectivity index (χ0n) is 11.7. The van der Waals surface area contributed by atoms with Gasteiger partial charge in [0.05, 0.1) is 5.25 Å². The van der Waals surface area contributed by atoms with Gasteiger partial charge in [0.1, 0.15) is 0 Å². The Hall–Kier alpha value is -0.170. The summed E-state index contributed by atoms with van der Waals surface area (Å²) in [5.74, 6) is 0. The van der Waals surface area contributed by atoms with Gasteiger partial charge in [-0.05, 0) is 27.4 Å². The molecule has 0 bridgehead atoms. The van der Waals surface area contributed by atoms with Crippen molar-refractivity contribution in [2.75, 3.05) is 33.7 Å². The smallest absolute Gasteiger partial charge is 0.218 e. The SMILES string of the molecule is CCC(CN)S(=O)(=O)N(CC)C(C)CN(C)C. The minimum Gasteiger partial charge on any atom is -0.329 e. The van der Waals surface area contributed by atoms with Crippen molar-refractivity contribution in [3.63, 3.8) is 0 Å². The second-order valence-corrected chi connectivity index (χ2v) is 6.79. The maximum atomic E-state index is 12.4. The van der Waals surface area contributed by atoms with Crippen molar-refractivity contribution in [2.45, 2.75) is 38.5 Å². The van der Waals surface area contributed by atoms with Crippen molar-refractivity contribution in [1.82, 2.24) is 9.21 Å². The Bertz CT molecular complexity index is 300. The molecule has 2 atom stereocenters. The Balaban J connectivity index is 4.97. The standard InChI is InChI=1S/C11H27N3O2S/c1-6-11(8-12)17(15,16)14(7-2)10(3)9-13(4)5/h10-11H,6-9,12H2,1-5H3. The first kappa shape index (κ1) is 16.8. The molecule has 5 nitrogen and oxygen atoms in total. The summed E-state index contributed by atoms with van der Waals surface area (Å²) in [6, 6.07) is -0.0272. The molecule has 0 aromatic heterocycles. The molecule has 104 valence electrons. The molecular weight excluding hydrogens is 238 g/mol. The van der Waals surface area contributed by atoms with Gasteiger partial charge in [0.15, 0.2) is 0 Å². The fourth-order valence-corrected chi connectivity index (χ4v) is 4.03. The van der Waals surface area contributed by atoms with Crippen molar-refractivity contribution < 1.29 is 8.42 Å². The number of sulfonamides is 1. The van der Waals surface area contributed by atoms with Crippen LogP contribution in [0.1, 0.15) is 27.2 Å². The molecule has 2 N–H and O–H groups in total. The zero-order chi connectivity index (χ0) is 13.6. The molecule has 0 spiro atoms. The van der Waals surface area contributed by atoms with Gasteiger partial charge >= 0.3 is 0 Å². The normalized spacial score (nSPS) is 16.5. The molecule has 0 amide bonds. The number of nitrogens with two attached hydrogens (primary N) is 1. The summed E-state index contributed by atoms with van der Waals surface area (Å²) in [6.45, 7) is 7.06. The van der Waals surface area contributed by atoms with Crippen molar-refractivity contribution in [3.05, 3.63) is 0 Å². The Morgan fingerprint density at radius 3 is 2.06 bits per heavy atom. The molecule has 17 heavy (non-hydrogen) atoms. The van der Waals surface area contributed by atoms with Crippen molar-refractivity contribution >= 4 is 10.0 Å². The van der Waals surface area contributed by atoms with Crippen LogP contribution in [-0.4, -0.2) is 62.6 Å². The molecule has 0 radical (unpaired) electrons. The fraction of sp³-hybridized carbons (Fsp3) is 1.00. The second-order valence-electron chi connectivity index (χ2n) is 4.63. The predicted octanol–water partition coefficient (Wildman–Crippen LogP) is 0.326. The van der Waals surface area contributed by atoms with Crippen LogP contribution in [0.25, 0.3) is 0 Å². The minimum absolute atomic E-state index is 0.0272. The first-order valence-corrected chi connectivity index (χ1v) is 7.66. The van der Waals surface area contributed by atoms with Gasteiger partial charge in [-0.15, -0.1) is 0 Å². The lowest BCUT2D eigenvalue weighted by Crippen LogP contribution is -2.49. The maximum Gasteiger partial charge on any atom is 0.218 e. The Labute approximate surface area is 106 Å². The first-order valence-electron chi connectivity index (χ1n) is 6.16. The van der Waals surface area contributed by atoms with Crippen molar-refractivity contribution in [1.29, 1.82) is 0 Å². The topological polar surface area (TPSA) is 66.6 Å². The van der Waals surface area contributed by atoms with Crippen molar-refractivity contribution in [2.24, 2.45) is 5.73 Å². The maximum absolute atomic E-state index is 12.4. The van der Waals surface area contributed by atoms with Gasteiger partial charge in [-0.2, -0.15) is 4.31 Å². The van der Waals surface area contributed by atoms with Crippen LogP contribution in [0.4, 0.5) is 0 Å². The molecule has 0 rings (SSSR count). The molecule has 2 unspecified atom stereocenters. The molecule has 0 aliphatic carbocycles.